The van der Waals surface area contributed by atoms with Crippen LogP contribution in [-0.2, 0) is 9.59 Å². The van der Waals surface area contributed by atoms with Crippen molar-refractivity contribution in [2.45, 2.75) is 43.8 Å². The summed E-state index contributed by atoms with van der Waals surface area (Å²) in [6, 6.07) is 0.899. The van der Waals surface area contributed by atoms with Gasteiger partial charge in [0.1, 0.15) is 6.04 Å². The lowest BCUT2D eigenvalue weighted by molar-refractivity contribution is -0.176. The second-order valence-electron chi connectivity index (χ2n) is 6.32. The smallest absolute Gasteiger partial charge is 0.264 e. The Labute approximate surface area is 155 Å². The number of rotatable bonds is 8. The lowest BCUT2D eigenvalue weighted by Gasteiger charge is -2.25. The molecule has 1 aromatic heterocycles. The third-order valence-corrected chi connectivity index (χ3v) is 5.32. The number of carbonyl (C=O) groups is 3. The summed E-state index contributed by atoms with van der Waals surface area (Å²) >= 11 is 1.25. The van der Waals surface area contributed by atoms with E-state index in [0.29, 0.717) is 29.3 Å². The van der Waals surface area contributed by atoms with Crippen LogP contribution in [0.15, 0.2) is 17.5 Å². The molecule has 0 aliphatic carbocycles. The highest BCUT2D eigenvalue weighted by Gasteiger charge is 2.43. The third kappa shape index (κ3) is 4.58. The summed E-state index contributed by atoms with van der Waals surface area (Å²) in [5.41, 5.74) is 16.6. The summed E-state index contributed by atoms with van der Waals surface area (Å²) in [6.07, 6.45) is 1.89. The summed E-state index contributed by atoms with van der Waals surface area (Å²) in [5, 5.41) is 12.6. The van der Waals surface area contributed by atoms with E-state index in [9.17, 15) is 19.6 Å². The molecule has 2 rings (SSSR count). The molecule has 1 aromatic rings. The number of carbonyl (C=O) groups excluding carboxylic acids is 3. The molecule has 0 aromatic carbocycles. The minimum atomic E-state index is -0.884. The second-order valence-corrected chi connectivity index (χ2v) is 7.26. The van der Waals surface area contributed by atoms with Gasteiger partial charge in [0.25, 0.3) is 11.8 Å². The number of hydrogen-bond acceptors (Lipinski definition) is 7. The zero-order valence-corrected chi connectivity index (χ0v) is 15.2. The van der Waals surface area contributed by atoms with Crippen LogP contribution in [0.1, 0.15) is 35.4 Å². The molecule has 26 heavy (non-hydrogen) atoms. The van der Waals surface area contributed by atoms with Gasteiger partial charge in [0.2, 0.25) is 5.91 Å². The molecule has 1 fully saturated rings. The van der Waals surface area contributed by atoms with Crippen molar-refractivity contribution in [3.8, 4) is 0 Å². The molecule has 0 unspecified atom stereocenters. The molecule has 0 bridgehead atoms. The molecule has 0 radical (unpaired) electrons. The number of nitrogens with zero attached hydrogens (tertiary/aromatic N) is 2. The molecule has 1 aliphatic heterocycles. The average molecular weight is 383 g/mol. The van der Waals surface area contributed by atoms with Crippen LogP contribution in [0.2, 0.25) is 0 Å². The number of likely N-dealkylation sites (tertiary alicyclic amines) is 1. The SMILES string of the molecule is NCCCC[C@H](N)C(=O)N(O)[C@H]1C[C@@H](C(N)=O)N(C(=O)c2cccs2)C1. The van der Waals surface area contributed by atoms with Gasteiger partial charge < -0.3 is 22.1 Å². The van der Waals surface area contributed by atoms with Gasteiger partial charge in [0, 0.05) is 13.0 Å². The van der Waals surface area contributed by atoms with Gasteiger partial charge in [0.15, 0.2) is 0 Å². The van der Waals surface area contributed by atoms with Gasteiger partial charge in [-0.3, -0.25) is 19.6 Å². The van der Waals surface area contributed by atoms with Gasteiger partial charge in [0.05, 0.1) is 17.0 Å². The molecular weight excluding hydrogens is 358 g/mol. The van der Waals surface area contributed by atoms with E-state index < -0.39 is 29.9 Å². The molecule has 3 atom stereocenters. The molecule has 0 saturated carbocycles. The molecule has 2 heterocycles. The van der Waals surface area contributed by atoms with E-state index in [0.717, 1.165) is 6.42 Å². The van der Waals surface area contributed by atoms with Crippen molar-refractivity contribution in [3.05, 3.63) is 22.4 Å². The van der Waals surface area contributed by atoms with E-state index in [1.54, 1.807) is 17.5 Å². The number of hydroxylamine groups is 2. The first-order chi connectivity index (χ1) is 12.4. The van der Waals surface area contributed by atoms with E-state index in [4.69, 9.17) is 17.2 Å². The van der Waals surface area contributed by atoms with E-state index in [1.807, 2.05) is 0 Å². The van der Waals surface area contributed by atoms with E-state index in [1.165, 1.54) is 16.2 Å². The van der Waals surface area contributed by atoms with Gasteiger partial charge in [-0.15, -0.1) is 11.3 Å². The van der Waals surface area contributed by atoms with Gasteiger partial charge in [-0.1, -0.05) is 12.5 Å². The maximum absolute atomic E-state index is 12.6. The molecule has 9 nitrogen and oxygen atoms in total. The number of thiophene rings is 1. The number of amides is 3. The lowest BCUT2D eigenvalue weighted by Crippen LogP contribution is -2.48. The first-order valence-corrected chi connectivity index (χ1v) is 9.36. The first-order valence-electron chi connectivity index (χ1n) is 8.48. The summed E-state index contributed by atoms with van der Waals surface area (Å²) < 4.78 is 0. The third-order valence-electron chi connectivity index (χ3n) is 4.46. The monoisotopic (exact) mass is 383 g/mol. The van der Waals surface area contributed by atoms with E-state index in [-0.39, 0.29) is 18.9 Å². The Morgan fingerprint density at radius 2 is 2.12 bits per heavy atom. The summed E-state index contributed by atoms with van der Waals surface area (Å²) in [5.74, 6) is -1.66. The molecule has 144 valence electrons. The number of primary amides is 1. The quantitative estimate of drug-likeness (QED) is 0.269. The Morgan fingerprint density at radius 1 is 1.38 bits per heavy atom. The van der Waals surface area contributed by atoms with Crippen LogP contribution in [0.5, 0.6) is 0 Å². The van der Waals surface area contributed by atoms with Crippen LogP contribution in [0.3, 0.4) is 0 Å². The predicted molar refractivity (Wildman–Crippen MR) is 96.3 cm³/mol. The second kappa shape index (κ2) is 9.08. The van der Waals surface area contributed by atoms with Crippen LogP contribution < -0.4 is 17.2 Å². The van der Waals surface area contributed by atoms with Crippen molar-refractivity contribution in [3.63, 3.8) is 0 Å². The summed E-state index contributed by atoms with van der Waals surface area (Å²) in [7, 11) is 0. The van der Waals surface area contributed by atoms with Crippen molar-refractivity contribution in [1.82, 2.24) is 9.96 Å². The minimum Gasteiger partial charge on any atom is -0.368 e. The van der Waals surface area contributed by atoms with Crippen LogP contribution in [0, 0.1) is 0 Å². The minimum absolute atomic E-state index is 0.0160. The molecule has 3 amide bonds. The Hall–Kier alpha value is -2.01. The fourth-order valence-electron chi connectivity index (χ4n) is 3.01. The van der Waals surface area contributed by atoms with E-state index >= 15 is 0 Å². The number of nitrogens with two attached hydrogens (primary N) is 3. The van der Waals surface area contributed by atoms with Gasteiger partial charge >= 0.3 is 0 Å². The summed E-state index contributed by atoms with van der Waals surface area (Å²) in [6.45, 7) is 0.522. The van der Waals surface area contributed by atoms with Gasteiger partial charge in [-0.05, 0) is 30.8 Å². The highest BCUT2D eigenvalue weighted by atomic mass is 32.1. The van der Waals surface area contributed by atoms with Crippen molar-refractivity contribution in [2.75, 3.05) is 13.1 Å². The van der Waals surface area contributed by atoms with Crippen LogP contribution in [0.4, 0.5) is 0 Å². The standard InChI is InChI=1S/C16H25N5O4S/c17-6-2-1-4-11(18)15(23)21(25)10-8-12(14(19)22)20(9-10)16(24)13-5-3-7-26-13/h3,5,7,10-12,25H,1-2,4,6,8-9,17-18H2,(H2,19,22)/t10-,11-,12-/m0/s1. The maximum Gasteiger partial charge on any atom is 0.264 e. The Morgan fingerprint density at radius 3 is 2.69 bits per heavy atom. The zero-order chi connectivity index (χ0) is 19.3. The van der Waals surface area contributed by atoms with Crippen LogP contribution in [0.25, 0.3) is 0 Å². The highest BCUT2D eigenvalue weighted by molar-refractivity contribution is 7.12. The van der Waals surface area contributed by atoms with Crippen molar-refractivity contribution in [2.24, 2.45) is 17.2 Å². The van der Waals surface area contributed by atoms with Crippen molar-refractivity contribution >= 4 is 29.1 Å². The fraction of sp³-hybridized carbons (Fsp3) is 0.562. The number of unbranched alkanes of at least 4 members (excludes halogenated alkanes) is 1. The van der Waals surface area contributed by atoms with Crippen LogP contribution >= 0.6 is 11.3 Å². The molecule has 7 N–H and O–H groups in total. The Balaban J connectivity index is 2.05. The van der Waals surface area contributed by atoms with Crippen LogP contribution in [-0.4, -0.2) is 64.1 Å². The summed E-state index contributed by atoms with van der Waals surface area (Å²) in [4.78, 5) is 38.4. The van der Waals surface area contributed by atoms with Gasteiger partial charge in [-0.2, -0.15) is 0 Å². The fourth-order valence-corrected chi connectivity index (χ4v) is 3.69. The Bertz CT molecular complexity index is 639. The van der Waals surface area contributed by atoms with Crippen molar-refractivity contribution in [1.29, 1.82) is 0 Å². The molecule has 1 saturated heterocycles. The van der Waals surface area contributed by atoms with E-state index in [2.05, 4.69) is 0 Å². The predicted octanol–water partition coefficient (Wildman–Crippen LogP) is -0.509. The maximum atomic E-state index is 12.6. The molecule has 10 heteroatoms. The highest BCUT2D eigenvalue weighted by Crippen LogP contribution is 2.25. The Kier molecular flexibility index (Phi) is 7.09. The molecular formula is C16H25N5O4S. The number of hydrogen-bond donors (Lipinski definition) is 4. The first kappa shape index (κ1) is 20.3. The molecule has 0 spiro atoms. The zero-order valence-electron chi connectivity index (χ0n) is 14.4. The largest absolute Gasteiger partial charge is 0.368 e. The molecule has 1 aliphatic rings. The lowest BCUT2D eigenvalue weighted by atomic mass is 10.1. The average Bonchev–Trinajstić information content (AvgIpc) is 3.29. The van der Waals surface area contributed by atoms with Crippen molar-refractivity contribution < 1.29 is 19.6 Å². The normalized spacial score (nSPS) is 20.8. The van der Waals surface area contributed by atoms with Gasteiger partial charge in [-0.25, -0.2) is 5.06 Å². The topological polar surface area (TPSA) is 156 Å².